The van der Waals surface area contributed by atoms with Gasteiger partial charge in [-0.2, -0.15) is 15.1 Å². The van der Waals surface area contributed by atoms with Crippen molar-refractivity contribution in [3.05, 3.63) is 41.9 Å². The van der Waals surface area contributed by atoms with Gasteiger partial charge in [-0.05, 0) is 51.4 Å². The van der Waals surface area contributed by atoms with Crippen molar-refractivity contribution in [1.29, 1.82) is 0 Å². The highest BCUT2D eigenvalue weighted by molar-refractivity contribution is 7.52. The average molecular weight is 569 g/mol. The molecular weight excluding hydrogens is 539 g/mol. The molecule has 5 atom stereocenters. The van der Waals surface area contributed by atoms with Crippen molar-refractivity contribution in [2.45, 2.75) is 64.2 Å². The van der Waals surface area contributed by atoms with Gasteiger partial charge in [-0.15, -0.1) is 0 Å². The van der Waals surface area contributed by atoms with E-state index in [4.69, 9.17) is 35.9 Å². The minimum Gasteiger partial charge on any atom is -0.459 e. The minimum absolute atomic E-state index is 0.0673. The van der Waals surface area contributed by atoms with Crippen LogP contribution in [0.3, 0.4) is 0 Å². The molecule has 4 N–H and O–H groups in total. The number of anilines is 1. The van der Waals surface area contributed by atoms with Crippen LogP contribution in [0, 0.1) is 0 Å². The van der Waals surface area contributed by atoms with Crippen LogP contribution in [0.15, 0.2) is 36.7 Å². The van der Waals surface area contributed by atoms with Gasteiger partial charge in [-0.3, -0.25) is 13.9 Å². The Kier molecular flexibility index (Phi) is 8.26. The molecule has 3 heterocycles. The van der Waals surface area contributed by atoms with Gasteiger partial charge >= 0.3 is 13.7 Å². The molecule has 1 saturated heterocycles. The van der Waals surface area contributed by atoms with E-state index < -0.39 is 50.4 Å². The van der Waals surface area contributed by atoms with E-state index in [2.05, 4.69) is 20.0 Å². The van der Waals surface area contributed by atoms with E-state index in [1.807, 2.05) is 0 Å². The number of nitrogens with zero attached hydrogens (tertiary/aromatic N) is 4. The molecule has 2 unspecified atom stereocenters. The van der Waals surface area contributed by atoms with E-state index in [0.717, 1.165) is 0 Å². The SMILES string of the molecule is C[C@H](NP(=O)(Oc1ccccc1)O[C@@H]1C[C@H](n2cnc3c(N)nc(Cl)nc32)OC1CO)C(=O)OC(C)(C)C. The number of esters is 1. The first-order valence-electron chi connectivity index (χ1n) is 11.8. The van der Waals surface area contributed by atoms with Crippen LogP contribution < -0.4 is 15.3 Å². The minimum atomic E-state index is -4.22. The predicted molar refractivity (Wildman–Crippen MR) is 138 cm³/mol. The van der Waals surface area contributed by atoms with Crippen molar-refractivity contribution in [2.75, 3.05) is 12.3 Å². The highest BCUT2D eigenvalue weighted by Crippen LogP contribution is 2.49. The van der Waals surface area contributed by atoms with Crippen LogP contribution in [0.5, 0.6) is 5.75 Å². The summed E-state index contributed by atoms with van der Waals surface area (Å²) in [7, 11) is -4.22. The van der Waals surface area contributed by atoms with E-state index in [1.54, 1.807) is 55.7 Å². The Morgan fingerprint density at radius 2 is 2.05 bits per heavy atom. The molecule has 0 radical (unpaired) electrons. The summed E-state index contributed by atoms with van der Waals surface area (Å²) in [6.45, 7) is 6.21. The molecule has 1 aromatic carbocycles. The topological polar surface area (TPSA) is 173 Å². The number of rotatable bonds is 9. The lowest BCUT2D eigenvalue weighted by atomic mass is 10.2. The summed E-state index contributed by atoms with van der Waals surface area (Å²) >= 11 is 5.97. The zero-order valence-corrected chi connectivity index (χ0v) is 22.9. The van der Waals surface area contributed by atoms with E-state index in [0.29, 0.717) is 11.2 Å². The van der Waals surface area contributed by atoms with Gasteiger partial charge in [0.15, 0.2) is 11.5 Å². The first-order valence-corrected chi connectivity index (χ1v) is 13.7. The monoisotopic (exact) mass is 568 g/mol. The van der Waals surface area contributed by atoms with Gasteiger partial charge in [0.25, 0.3) is 0 Å². The third kappa shape index (κ3) is 6.60. The number of hydrogen-bond donors (Lipinski definition) is 3. The van der Waals surface area contributed by atoms with Crippen LogP contribution in [-0.4, -0.2) is 61.1 Å². The zero-order valence-electron chi connectivity index (χ0n) is 21.3. The number of para-hydroxylation sites is 1. The standard InChI is InChI=1S/C23H30ClN6O7P/c1-13(21(32)35-23(2,3)4)29-38(33,36-14-8-6-5-7-9-14)37-15-10-17(34-16(15)11-31)30-12-26-18-19(25)27-22(24)28-20(18)30/h5-9,12-13,15-17,31H,10-11H2,1-4H3,(H,29,33)(H2,25,27,28)/t13-,15+,16?,17+,38?/m0/s1. The second-order valence-electron chi connectivity index (χ2n) is 9.68. The van der Waals surface area contributed by atoms with Crippen molar-refractivity contribution in [3.63, 3.8) is 0 Å². The van der Waals surface area contributed by atoms with E-state index >= 15 is 0 Å². The summed E-state index contributed by atoms with van der Waals surface area (Å²) in [6, 6.07) is 7.31. The number of carbonyl (C=O) groups excluding carboxylic acids is 1. The number of aliphatic hydroxyl groups excluding tert-OH is 1. The van der Waals surface area contributed by atoms with Crippen molar-refractivity contribution < 1.29 is 33.0 Å². The maximum Gasteiger partial charge on any atom is 0.459 e. The molecule has 2 aromatic heterocycles. The van der Waals surface area contributed by atoms with Crippen LogP contribution in [-0.2, 0) is 23.4 Å². The number of imidazole rings is 1. The fourth-order valence-corrected chi connectivity index (χ4v) is 5.71. The summed E-state index contributed by atoms with van der Waals surface area (Å²) in [4.78, 5) is 24.9. The van der Waals surface area contributed by atoms with Gasteiger partial charge in [-0.1, -0.05) is 18.2 Å². The number of fused-ring (bicyclic) bond motifs is 1. The third-order valence-corrected chi connectivity index (χ3v) is 7.32. The Bertz CT molecular complexity index is 1340. The fourth-order valence-electron chi connectivity index (χ4n) is 3.82. The maximum absolute atomic E-state index is 14.0. The molecule has 206 valence electrons. The summed E-state index contributed by atoms with van der Waals surface area (Å²) in [5.41, 5.74) is 5.80. The lowest BCUT2D eigenvalue weighted by Crippen LogP contribution is -2.40. The number of aliphatic hydroxyl groups is 1. The van der Waals surface area contributed by atoms with E-state index in [-0.39, 0.29) is 23.3 Å². The highest BCUT2D eigenvalue weighted by atomic mass is 35.5. The van der Waals surface area contributed by atoms with Gasteiger partial charge in [0.05, 0.1) is 12.9 Å². The van der Waals surface area contributed by atoms with Gasteiger partial charge in [0.2, 0.25) is 5.28 Å². The molecule has 1 aliphatic heterocycles. The zero-order chi connectivity index (χ0) is 27.7. The Balaban J connectivity index is 1.58. The smallest absolute Gasteiger partial charge is 0.459 e. The Morgan fingerprint density at radius 3 is 2.71 bits per heavy atom. The molecule has 1 fully saturated rings. The van der Waals surface area contributed by atoms with Crippen LogP contribution >= 0.6 is 19.3 Å². The van der Waals surface area contributed by atoms with Crippen molar-refractivity contribution in [2.24, 2.45) is 0 Å². The largest absolute Gasteiger partial charge is 0.459 e. The predicted octanol–water partition coefficient (Wildman–Crippen LogP) is 3.23. The van der Waals surface area contributed by atoms with Gasteiger partial charge < -0.3 is 24.8 Å². The number of aromatic nitrogens is 4. The molecule has 38 heavy (non-hydrogen) atoms. The first kappa shape index (κ1) is 28.2. The van der Waals surface area contributed by atoms with E-state index in [1.165, 1.54) is 13.3 Å². The van der Waals surface area contributed by atoms with Crippen molar-refractivity contribution in [1.82, 2.24) is 24.6 Å². The van der Waals surface area contributed by atoms with Gasteiger partial charge in [0.1, 0.15) is 41.3 Å². The molecule has 4 rings (SSSR count). The first-order chi connectivity index (χ1) is 17.9. The van der Waals surface area contributed by atoms with E-state index in [9.17, 15) is 14.5 Å². The summed E-state index contributed by atoms with van der Waals surface area (Å²) in [6.07, 6.45) is -0.941. The average Bonchev–Trinajstić information content (AvgIpc) is 3.42. The molecule has 3 aromatic rings. The molecule has 0 amide bonds. The number of halogens is 1. The molecule has 0 bridgehead atoms. The van der Waals surface area contributed by atoms with Crippen LogP contribution in [0.2, 0.25) is 5.28 Å². The van der Waals surface area contributed by atoms with Crippen molar-refractivity contribution >= 4 is 42.3 Å². The van der Waals surface area contributed by atoms with Crippen LogP contribution in [0.4, 0.5) is 5.82 Å². The number of hydrogen-bond acceptors (Lipinski definition) is 11. The molecule has 13 nitrogen and oxygen atoms in total. The fraction of sp³-hybridized carbons (Fsp3) is 0.478. The Morgan fingerprint density at radius 1 is 1.34 bits per heavy atom. The quantitative estimate of drug-likeness (QED) is 0.196. The molecule has 0 aliphatic carbocycles. The number of nitrogens with one attached hydrogen (secondary N) is 1. The number of nitrogen functional groups attached to an aromatic ring is 1. The summed E-state index contributed by atoms with van der Waals surface area (Å²) in [5.74, 6) is -0.293. The van der Waals surface area contributed by atoms with Crippen molar-refractivity contribution in [3.8, 4) is 5.75 Å². The van der Waals surface area contributed by atoms with Crippen LogP contribution in [0.25, 0.3) is 11.2 Å². The maximum atomic E-state index is 14.0. The number of carbonyl (C=O) groups is 1. The van der Waals surface area contributed by atoms with Gasteiger partial charge in [-0.25, -0.2) is 9.55 Å². The number of benzene rings is 1. The molecule has 0 spiro atoms. The number of ether oxygens (including phenoxy) is 2. The second-order valence-corrected chi connectivity index (χ2v) is 11.7. The Hall–Kier alpha value is -2.80. The van der Waals surface area contributed by atoms with Gasteiger partial charge in [0, 0.05) is 6.42 Å². The lowest BCUT2D eigenvalue weighted by molar-refractivity contribution is -0.156. The second kappa shape index (κ2) is 11.1. The lowest BCUT2D eigenvalue weighted by Gasteiger charge is -2.28. The summed E-state index contributed by atoms with van der Waals surface area (Å²) in [5, 5.41) is 12.6. The number of nitrogens with two attached hydrogens (primary N) is 1. The normalized spacial score (nSPS) is 22.2. The summed E-state index contributed by atoms with van der Waals surface area (Å²) < 4.78 is 38.6. The molecule has 15 heteroatoms. The highest BCUT2D eigenvalue weighted by Gasteiger charge is 2.44. The third-order valence-electron chi connectivity index (χ3n) is 5.45. The van der Waals surface area contributed by atoms with Crippen LogP contribution in [0.1, 0.15) is 40.3 Å². The molecule has 0 saturated carbocycles. The molecule has 1 aliphatic rings. The Labute approximate surface area is 224 Å². The molecular formula is C23H30ClN6O7P.